The molecular weight excluding hydrogens is 219 g/mol. The Morgan fingerprint density at radius 2 is 2.12 bits per heavy atom. The molecule has 17 heavy (non-hydrogen) atoms. The first-order valence-corrected chi connectivity index (χ1v) is 6.03. The number of nitrogens with one attached hydrogen (secondary N) is 1. The highest BCUT2D eigenvalue weighted by Gasteiger charge is 2.24. The van der Waals surface area contributed by atoms with Crippen LogP contribution < -0.4 is 5.32 Å². The Morgan fingerprint density at radius 3 is 2.76 bits per heavy atom. The second-order valence-electron chi connectivity index (χ2n) is 4.47. The van der Waals surface area contributed by atoms with Crippen molar-refractivity contribution in [3.63, 3.8) is 0 Å². The first-order valence-electron chi connectivity index (χ1n) is 6.03. The van der Waals surface area contributed by atoms with Crippen LogP contribution in [0.5, 0.6) is 5.75 Å². The minimum atomic E-state index is -0.461. The van der Waals surface area contributed by atoms with E-state index < -0.39 is 6.67 Å². The predicted octanol–water partition coefficient (Wildman–Crippen LogP) is 1.62. The molecule has 0 aliphatic carbocycles. The number of benzene rings is 1. The molecule has 0 spiro atoms. The summed E-state index contributed by atoms with van der Waals surface area (Å²) in [7, 11) is 0. The first-order chi connectivity index (χ1) is 8.24. The largest absolute Gasteiger partial charge is 0.507 e. The number of hydrogen-bond acceptors (Lipinski definition) is 3. The van der Waals surface area contributed by atoms with Gasteiger partial charge in [0.05, 0.1) is 6.04 Å². The minimum Gasteiger partial charge on any atom is -0.507 e. The lowest BCUT2D eigenvalue weighted by Gasteiger charge is -2.34. The van der Waals surface area contributed by atoms with Crippen molar-refractivity contribution >= 4 is 0 Å². The van der Waals surface area contributed by atoms with Crippen LogP contribution in [-0.4, -0.2) is 42.9 Å². The maximum absolute atomic E-state index is 13.3. The van der Waals surface area contributed by atoms with Crippen molar-refractivity contribution in [1.82, 2.24) is 10.2 Å². The molecule has 1 aliphatic heterocycles. The van der Waals surface area contributed by atoms with E-state index in [9.17, 15) is 9.50 Å². The number of halogens is 1. The minimum absolute atomic E-state index is 0.230. The zero-order valence-corrected chi connectivity index (χ0v) is 10.1. The predicted molar refractivity (Wildman–Crippen MR) is 66.0 cm³/mol. The van der Waals surface area contributed by atoms with Crippen molar-refractivity contribution in [3.05, 3.63) is 29.3 Å². The maximum Gasteiger partial charge on any atom is 0.123 e. The Kier molecular flexibility index (Phi) is 3.97. The van der Waals surface area contributed by atoms with Crippen LogP contribution in [0.15, 0.2) is 18.2 Å². The number of hydrogen-bond donors (Lipinski definition) is 2. The molecule has 1 aromatic carbocycles. The molecule has 0 aromatic heterocycles. The summed E-state index contributed by atoms with van der Waals surface area (Å²) in [5, 5.41) is 13.3. The molecule has 1 aromatic rings. The molecule has 2 rings (SSSR count). The van der Waals surface area contributed by atoms with Gasteiger partial charge in [-0.1, -0.05) is 18.2 Å². The number of alkyl halides is 1. The standard InChI is InChI=1S/C13H19FN2O/c1-10-3-2-4-11(13(10)17)12(9-14)16-7-5-15-6-8-16/h2-4,12,15,17H,5-9H2,1H3/t12-/m1/s1. The molecule has 0 amide bonds. The SMILES string of the molecule is Cc1cccc([C@@H](CF)N2CCNCC2)c1O. The van der Waals surface area contributed by atoms with Crippen LogP contribution in [0, 0.1) is 6.92 Å². The molecule has 0 radical (unpaired) electrons. The Balaban J connectivity index is 2.24. The molecule has 1 atom stereocenters. The molecule has 3 nitrogen and oxygen atoms in total. The second kappa shape index (κ2) is 5.47. The summed E-state index contributed by atoms with van der Waals surface area (Å²) < 4.78 is 13.3. The number of phenolic OH excluding ortho intramolecular Hbond substituents is 1. The van der Waals surface area contributed by atoms with Gasteiger partial charge >= 0.3 is 0 Å². The second-order valence-corrected chi connectivity index (χ2v) is 4.47. The summed E-state index contributed by atoms with van der Waals surface area (Å²) in [6.45, 7) is 4.78. The van der Waals surface area contributed by atoms with Crippen LogP contribution in [0.2, 0.25) is 0 Å². The molecule has 1 heterocycles. The van der Waals surface area contributed by atoms with E-state index in [-0.39, 0.29) is 11.8 Å². The number of phenols is 1. The zero-order valence-electron chi connectivity index (χ0n) is 10.1. The highest BCUT2D eigenvalue weighted by atomic mass is 19.1. The van der Waals surface area contributed by atoms with Crippen molar-refractivity contribution in [2.75, 3.05) is 32.9 Å². The van der Waals surface area contributed by atoms with E-state index in [1.54, 1.807) is 0 Å². The van der Waals surface area contributed by atoms with E-state index in [0.29, 0.717) is 5.56 Å². The average molecular weight is 238 g/mol. The van der Waals surface area contributed by atoms with E-state index >= 15 is 0 Å². The van der Waals surface area contributed by atoms with E-state index in [0.717, 1.165) is 31.7 Å². The van der Waals surface area contributed by atoms with Gasteiger partial charge in [-0.3, -0.25) is 4.90 Å². The normalized spacial score (nSPS) is 19.2. The number of aryl methyl sites for hydroxylation is 1. The Bertz CT molecular complexity index is 378. The fourth-order valence-electron chi connectivity index (χ4n) is 2.32. The van der Waals surface area contributed by atoms with Gasteiger partial charge in [0.2, 0.25) is 0 Å². The number of rotatable bonds is 3. The lowest BCUT2D eigenvalue weighted by atomic mass is 10.0. The van der Waals surface area contributed by atoms with Crippen LogP contribution in [-0.2, 0) is 0 Å². The van der Waals surface area contributed by atoms with Crippen molar-refractivity contribution in [2.24, 2.45) is 0 Å². The molecule has 94 valence electrons. The topological polar surface area (TPSA) is 35.5 Å². The monoisotopic (exact) mass is 238 g/mol. The quantitative estimate of drug-likeness (QED) is 0.840. The lowest BCUT2D eigenvalue weighted by molar-refractivity contribution is 0.145. The number of para-hydroxylation sites is 1. The van der Waals surface area contributed by atoms with Gasteiger partial charge in [-0.2, -0.15) is 0 Å². The number of aromatic hydroxyl groups is 1. The number of piperazine rings is 1. The Hall–Kier alpha value is -1.13. The van der Waals surface area contributed by atoms with Gasteiger partial charge in [-0.15, -0.1) is 0 Å². The van der Waals surface area contributed by atoms with Crippen molar-refractivity contribution < 1.29 is 9.50 Å². The van der Waals surface area contributed by atoms with E-state index in [1.807, 2.05) is 25.1 Å². The average Bonchev–Trinajstić information content (AvgIpc) is 2.37. The lowest BCUT2D eigenvalue weighted by Crippen LogP contribution is -2.45. The van der Waals surface area contributed by atoms with Gasteiger partial charge in [0.25, 0.3) is 0 Å². The smallest absolute Gasteiger partial charge is 0.123 e. The summed E-state index contributed by atoms with van der Waals surface area (Å²) in [6, 6.07) is 5.20. The van der Waals surface area contributed by atoms with Crippen LogP contribution in [0.4, 0.5) is 4.39 Å². The summed E-state index contributed by atoms with van der Waals surface area (Å²) in [6.07, 6.45) is 0. The zero-order chi connectivity index (χ0) is 12.3. The first kappa shape index (κ1) is 12.3. The van der Waals surface area contributed by atoms with Crippen molar-refractivity contribution in [1.29, 1.82) is 0 Å². The van der Waals surface area contributed by atoms with Gasteiger partial charge in [-0.05, 0) is 12.5 Å². The third kappa shape index (κ3) is 2.58. The third-order valence-corrected chi connectivity index (χ3v) is 3.37. The maximum atomic E-state index is 13.3. The van der Waals surface area contributed by atoms with E-state index in [2.05, 4.69) is 10.2 Å². The Morgan fingerprint density at radius 1 is 1.41 bits per heavy atom. The van der Waals surface area contributed by atoms with Crippen LogP contribution >= 0.6 is 0 Å². The highest BCUT2D eigenvalue weighted by molar-refractivity contribution is 5.41. The molecule has 1 saturated heterocycles. The highest BCUT2D eigenvalue weighted by Crippen LogP contribution is 2.31. The van der Waals surface area contributed by atoms with Crippen molar-refractivity contribution in [2.45, 2.75) is 13.0 Å². The molecule has 1 aliphatic rings. The van der Waals surface area contributed by atoms with Gasteiger partial charge in [-0.25, -0.2) is 4.39 Å². The summed E-state index contributed by atoms with van der Waals surface area (Å²) >= 11 is 0. The third-order valence-electron chi connectivity index (χ3n) is 3.37. The summed E-state index contributed by atoms with van der Waals surface area (Å²) in [4.78, 5) is 2.09. The van der Waals surface area contributed by atoms with Crippen LogP contribution in [0.3, 0.4) is 0 Å². The van der Waals surface area contributed by atoms with Gasteiger partial charge in [0, 0.05) is 31.7 Å². The fourth-order valence-corrected chi connectivity index (χ4v) is 2.32. The van der Waals surface area contributed by atoms with Crippen molar-refractivity contribution in [3.8, 4) is 5.75 Å². The molecule has 0 unspecified atom stereocenters. The van der Waals surface area contributed by atoms with E-state index in [1.165, 1.54) is 0 Å². The molecule has 0 bridgehead atoms. The molecular formula is C13H19FN2O. The van der Waals surface area contributed by atoms with Gasteiger partial charge < -0.3 is 10.4 Å². The summed E-state index contributed by atoms with van der Waals surface area (Å²) in [5.74, 6) is 0.230. The number of nitrogens with zero attached hydrogens (tertiary/aromatic N) is 1. The van der Waals surface area contributed by atoms with Gasteiger partial charge in [0.1, 0.15) is 12.4 Å². The fraction of sp³-hybridized carbons (Fsp3) is 0.538. The molecule has 4 heteroatoms. The van der Waals surface area contributed by atoms with Crippen LogP contribution in [0.25, 0.3) is 0 Å². The summed E-state index contributed by atoms with van der Waals surface area (Å²) in [5.41, 5.74) is 1.51. The van der Waals surface area contributed by atoms with Gasteiger partial charge in [0.15, 0.2) is 0 Å². The molecule has 0 saturated carbocycles. The molecule has 2 N–H and O–H groups in total. The van der Waals surface area contributed by atoms with E-state index in [4.69, 9.17) is 0 Å². The Labute approximate surface area is 101 Å². The van der Waals surface area contributed by atoms with Crippen LogP contribution in [0.1, 0.15) is 17.2 Å². The molecule has 1 fully saturated rings.